The minimum atomic E-state index is -4.01. The van der Waals surface area contributed by atoms with Gasteiger partial charge in [-0.2, -0.15) is 13.2 Å². The molecule has 2 rings (SSSR count). The summed E-state index contributed by atoms with van der Waals surface area (Å²) in [6.07, 6.45) is -1.20. The molecular formula is C15H18BrF3. The molecule has 0 aliphatic heterocycles. The van der Waals surface area contributed by atoms with Crippen LogP contribution in [-0.2, 0) is 6.42 Å². The third kappa shape index (κ3) is 4.23. The van der Waals surface area contributed by atoms with E-state index in [0.717, 1.165) is 6.42 Å². The van der Waals surface area contributed by atoms with Crippen molar-refractivity contribution >= 4 is 15.9 Å². The van der Waals surface area contributed by atoms with Crippen molar-refractivity contribution in [2.75, 3.05) is 0 Å². The fourth-order valence-electron chi connectivity index (χ4n) is 2.81. The molecule has 1 unspecified atom stereocenters. The standard InChI is InChI=1S/C15H18BrF3/c16-14(10-11-4-2-1-3-5-11)12-6-8-13(9-7-12)15(17,18)19/h1-5,12-14H,6-10H2. The summed E-state index contributed by atoms with van der Waals surface area (Å²) in [4.78, 5) is 0.282. The molecule has 0 amide bonds. The molecule has 4 heteroatoms. The van der Waals surface area contributed by atoms with Crippen LogP contribution in [0, 0.1) is 11.8 Å². The van der Waals surface area contributed by atoms with Crippen LogP contribution in [0.1, 0.15) is 31.2 Å². The zero-order valence-corrected chi connectivity index (χ0v) is 12.3. The summed E-state index contributed by atoms with van der Waals surface area (Å²) >= 11 is 3.67. The molecule has 0 aromatic heterocycles. The zero-order valence-electron chi connectivity index (χ0n) is 10.7. The van der Waals surface area contributed by atoms with Crippen molar-refractivity contribution in [3.05, 3.63) is 35.9 Å². The van der Waals surface area contributed by atoms with Gasteiger partial charge in [0.2, 0.25) is 0 Å². The van der Waals surface area contributed by atoms with Gasteiger partial charge in [-0.25, -0.2) is 0 Å². The Morgan fingerprint density at radius 2 is 1.63 bits per heavy atom. The molecule has 1 aliphatic rings. The van der Waals surface area contributed by atoms with Gasteiger partial charge in [0.25, 0.3) is 0 Å². The number of benzene rings is 1. The molecule has 0 N–H and O–H groups in total. The van der Waals surface area contributed by atoms with Crippen molar-refractivity contribution in [2.24, 2.45) is 11.8 Å². The van der Waals surface area contributed by atoms with Gasteiger partial charge in [0.1, 0.15) is 0 Å². The van der Waals surface area contributed by atoms with E-state index in [1.807, 2.05) is 18.2 Å². The van der Waals surface area contributed by atoms with Crippen molar-refractivity contribution in [3.8, 4) is 0 Å². The maximum atomic E-state index is 12.6. The number of rotatable bonds is 3. The predicted octanol–water partition coefficient (Wildman–Crippen LogP) is 5.36. The lowest BCUT2D eigenvalue weighted by Gasteiger charge is -2.32. The van der Waals surface area contributed by atoms with Gasteiger partial charge < -0.3 is 0 Å². The van der Waals surface area contributed by atoms with Crippen LogP contribution >= 0.6 is 15.9 Å². The first-order valence-corrected chi connectivity index (χ1v) is 7.63. The minimum absolute atomic E-state index is 0.282. The van der Waals surface area contributed by atoms with Gasteiger partial charge in [-0.1, -0.05) is 46.3 Å². The third-order valence-electron chi connectivity index (χ3n) is 4.02. The maximum absolute atomic E-state index is 12.6. The normalized spacial score (nSPS) is 26.1. The van der Waals surface area contributed by atoms with Crippen molar-refractivity contribution in [3.63, 3.8) is 0 Å². The molecule has 1 aromatic rings. The first-order valence-electron chi connectivity index (χ1n) is 6.71. The van der Waals surface area contributed by atoms with E-state index in [-0.39, 0.29) is 17.7 Å². The van der Waals surface area contributed by atoms with Crippen molar-refractivity contribution < 1.29 is 13.2 Å². The van der Waals surface area contributed by atoms with Gasteiger partial charge in [-0.05, 0) is 43.6 Å². The number of hydrogen-bond acceptors (Lipinski definition) is 0. The minimum Gasteiger partial charge on any atom is -0.171 e. The van der Waals surface area contributed by atoms with E-state index in [0.29, 0.717) is 18.8 Å². The molecule has 1 aliphatic carbocycles. The van der Waals surface area contributed by atoms with E-state index in [1.165, 1.54) is 5.56 Å². The van der Waals surface area contributed by atoms with E-state index >= 15 is 0 Å². The average molecular weight is 335 g/mol. The Labute approximate surface area is 120 Å². The molecule has 0 heterocycles. The van der Waals surface area contributed by atoms with E-state index in [9.17, 15) is 13.2 Å². The van der Waals surface area contributed by atoms with Crippen LogP contribution in [0.2, 0.25) is 0 Å². The SMILES string of the molecule is FC(F)(F)C1CCC(C(Br)Cc2ccccc2)CC1. The van der Waals surface area contributed by atoms with Gasteiger partial charge in [0.05, 0.1) is 5.92 Å². The van der Waals surface area contributed by atoms with Gasteiger partial charge in [0.15, 0.2) is 0 Å². The highest BCUT2D eigenvalue weighted by molar-refractivity contribution is 9.09. The summed E-state index contributed by atoms with van der Waals surface area (Å²) in [5.74, 6) is -0.723. The monoisotopic (exact) mass is 334 g/mol. The Kier molecular flexibility index (Phi) is 4.93. The molecule has 1 saturated carbocycles. The molecule has 0 bridgehead atoms. The van der Waals surface area contributed by atoms with Crippen molar-refractivity contribution in [1.29, 1.82) is 0 Å². The second-order valence-corrected chi connectivity index (χ2v) is 6.54. The summed E-state index contributed by atoms with van der Waals surface area (Å²) in [7, 11) is 0. The number of hydrogen-bond donors (Lipinski definition) is 0. The molecule has 1 aromatic carbocycles. The third-order valence-corrected chi connectivity index (χ3v) is 5.09. The van der Waals surface area contributed by atoms with Crippen LogP contribution in [0.3, 0.4) is 0 Å². The topological polar surface area (TPSA) is 0 Å². The highest BCUT2D eigenvalue weighted by atomic mass is 79.9. The highest BCUT2D eigenvalue weighted by Crippen LogP contribution is 2.41. The lowest BCUT2D eigenvalue weighted by molar-refractivity contribution is -0.183. The maximum Gasteiger partial charge on any atom is 0.391 e. The lowest BCUT2D eigenvalue weighted by atomic mass is 9.79. The average Bonchev–Trinajstić information content (AvgIpc) is 2.39. The van der Waals surface area contributed by atoms with Crippen LogP contribution in [0.4, 0.5) is 13.2 Å². The van der Waals surface area contributed by atoms with Gasteiger partial charge in [-0.3, -0.25) is 0 Å². The fraction of sp³-hybridized carbons (Fsp3) is 0.600. The Balaban J connectivity index is 1.84. The quantitative estimate of drug-likeness (QED) is 0.652. The molecule has 1 atom stereocenters. The van der Waals surface area contributed by atoms with Crippen molar-refractivity contribution in [1.82, 2.24) is 0 Å². The Morgan fingerprint density at radius 1 is 1.05 bits per heavy atom. The summed E-state index contributed by atoms with van der Waals surface area (Å²) in [6, 6.07) is 10.1. The molecule has 0 saturated heterocycles. The first kappa shape index (κ1) is 14.9. The van der Waals surface area contributed by atoms with Crippen LogP contribution in [0.5, 0.6) is 0 Å². The molecule has 0 radical (unpaired) electrons. The van der Waals surface area contributed by atoms with E-state index in [4.69, 9.17) is 0 Å². The number of alkyl halides is 4. The summed E-state index contributed by atoms with van der Waals surface area (Å²) in [5.41, 5.74) is 1.24. The predicted molar refractivity (Wildman–Crippen MR) is 74.4 cm³/mol. The van der Waals surface area contributed by atoms with Crippen LogP contribution in [0.15, 0.2) is 30.3 Å². The largest absolute Gasteiger partial charge is 0.391 e. The van der Waals surface area contributed by atoms with E-state index < -0.39 is 12.1 Å². The van der Waals surface area contributed by atoms with Crippen molar-refractivity contribution in [2.45, 2.75) is 43.1 Å². The Hall–Kier alpha value is -0.510. The summed E-state index contributed by atoms with van der Waals surface area (Å²) in [6.45, 7) is 0. The van der Waals surface area contributed by atoms with Gasteiger partial charge in [-0.15, -0.1) is 0 Å². The molecule has 19 heavy (non-hydrogen) atoms. The second-order valence-electron chi connectivity index (χ2n) is 5.36. The molecule has 106 valence electrons. The van der Waals surface area contributed by atoms with Crippen LogP contribution in [0.25, 0.3) is 0 Å². The van der Waals surface area contributed by atoms with Gasteiger partial charge >= 0.3 is 6.18 Å². The second kappa shape index (κ2) is 6.29. The number of halogens is 4. The van der Waals surface area contributed by atoms with Gasteiger partial charge in [0, 0.05) is 4.83 Å². The first-order chi connectivity index (χ1) is 8.97. The Bertz CT molecular complexity index is 380. The molecule has 0 spiro atoms. The fourth-order valence-corrected chi connectivity index (χ4v) is 3.72. The lowest BCUT2D eigenvalue weighted by Crippen LogP contribution is -2.30. The smallest absolute Gasteiger partial charge is 0.171 e. The molecule has 1 fully saturated rings. The summed E-state index contributed by atoms with van der Waals surface area (Å²) < 4.78 is 37.8. The zero-order chi connectivity index (χ0) is 13.9. The summed E-state index contributed by atoms with van der Waals surface area (Å²) in [5, 5.41) is 0. The highest BCUT2D eigenvalue weighted by Gasteiger charge is 2.42. The Morgan fingerprint density at radius 3 is 2.16 bits per heavy atom. The van der Waals surface area contributed by atoms with E-state index in [1.54, 1.807) is 0 Å². The molecule has 0 nitrogen and oxygen atoms in total. The van der Waals surface area contributed by atoms with Crippen LogP contribution in [-0.4, -0.2) is 11.0 Å². The van der Waals surface area contributed by atoms with Crippen LogP contribution < -0.4 is 0 Å². The van der Waals surface area contributed by atoms with E-state index in [2.05, 4.69) is 28.1 Å². The molecular weight excluding hydrogens is 317 g/mol.